The zero-order valence-corrected chi connectivity index (χ0v) is 11.7. The first kappa shape index (κ1) is 13.2. The fraction of sp³-hybridized carbons (Fsp3) is 0.538. The Labute approximate surface area is 113 Å². The SMILES string of the molecule is CC(C)CN1Cc2c(ccc(Cl)c2Cl)C1CN. The Bertz CT molecular complexity index is 418. The predicted octanol–water partition coefficient (Wildman–Crippen LogP) is 3.46. The average Bonchev–Trinajstić information content (AvgIpc) is 2.61. The Morgan fingerprint density at radius 1 is 1.41 bits per heavy atom. The molecule has 0 radical (unpaired) electrons. The lowest BCUT2D eigenvalue weighted by molar-refractivity contribution is 0.195. The highest BCUT2D eigenvalue weighted by molar-refractivity contribution is 6.42. The number of nitrogens with two attached hydrogens (primary N) is 1. The molecule has 1 aliphatic heterocycles. The molecule has 1 unspecified atom stereocenters. The number of benzene rings is 1. The lowest BCUT2D eigenvalue weighted by Crippen LogP contribution is -2.30. The third-order valence-electron chi connectivity index (χ3n) is 3.22. The molecule has 1 aromatic carbocycles. The summed E-state index contributed by atoms with van der Waals surface area (Å²) >= 11 is 12.3. The molecule has 2 rings (SSSR count). The first-order valence-corrected chi connectivity index (χ1v) is 6.71. The minimum absolute atomic E-state index is 0.280. The van der Waals surface area contributed by atoms with Crippen LogP contribution in [-0.4, -0.2) is 18.0 Å². The van der Waals surface area contributed by atoms with Gasteiger partial charge in [0.25, 0.3) is 0 Å². The van der Waals surface area contributed by atoms with E-state index in [1.165, 1.54) is 5.56 Å². The first-order chi connectivity index (χ1) is 8.04. The van der Waals surface area contributed by atoms with Gasteiger partial charge in [-0.1, -0.05) is 43.1 Å². The highest BCUT2D eigenvalue weighted by Gasteiger charge is 2.31. The Kier molecular flexibility index (Phi) is 3.99. The molecule has 0 fully saturated rings. The van der Waals surface area contributed by atoms with Gasteiger partial charge in [0.15, 0.2) is 0 Å². The van der Waals surface area contributed by atoms with Crippen LogP contribution in [0.1, 0.15) is 31.0 Å². The number of rotatable bonds is 3. The van der Waals surface area contributed by atoms with Crippen molar-refractivity contribution in [2.75, 3.05) is 13.1 Å². The summed E-state index contributed by atoms with van der Waals surface area (Å²) in [7, 11) is 0. The van der Waals surface area contributed by atoms with Gasteiger partial charge in [-0.15, -0.1) is 0 Å². The highest BCUT2D eigenvalue weighted by Crippen LogP contribution is 2.40. The smallest absolute Gasteiger partial charge is 0.0640 e. The maximum atomic E-state index is 6.26. The predicted molar refractivity (Wildman–Crippen MR) is 73.5 cm³/mol. The van der Waals surface area contributed by atoms with Crippen LogP contribution in [0.3, 0.4) is 0 Å². The summed E-state index contributed by atoms with van der Waals surface area (Å²) in [6.45, 7) is 6.94. The Morgan fingerprint density at radius 2 is 2.12 bits per heavy atom. The van der Waals surface area contributed by atoms with Crippen molar-refractivity contribution in [2.24, 2.45) is 11.7 Å². The largest absolute Gasteiger partial charge is 0.329 e. The van der Waals surface area contributed by atoms with Crippen molar-refractivity contribution < 1.29 is 0 Å². The first-order valence-electron chi connectivity index (χ1n) is 5.95. The number of hydrogen-bond donors (Lipinski definition) is 1. The normalized spacial score (nSPS) is 20.0. The molecule has 2 N–H and O–H groups in total. The molecule has 0 spiro atoms. The van der Waals surface area contributed by atoms with E-state index >= 15 is 0 Å². The van der Waals surface area contributed by atoms with E-state index in [0.717, 1.165) is 18.7 Å². The van der Waals surface area contributed by atoms with Gasteiger partial charge in [-0.3, -0.25) is 4.90 Å². The number of hydrogen-bond acceptors (Lipinski definition) is 2. The standard InChI is InChI=1S/C13H18Cl2N2/c1-8(2)6-17-7-10-9(12(17)5-16)3-4-11(14)13(10)15/h3-4,8,12H,5-7,16H2,1-2H3. The van der Waals surface area contributed by atoms with E-state index in [-0.39, 0.29) is 6.04 Å². The van der Waals surface area contributed by atoms with Crippen LogP contribution in [0.4, 0.5) is 0 Å². The van der Waals surface area contributed by atoms with Crippen LogP contribution in [0.25, 0.3) is 0 Å². The number of halogens is 2. The summed E-state index contributed by atoms with van der Waals surface area (Å²) in [5, 5.41) is 1.32. The van der Waals surface area contributed by atoms with Gasteiger partial charge in [-0.05, 0) is 23.1 Å². The topological polar surface area (TPSA) is 29.3 Å². The molecule has 1 aliphatic rings. The highest BCUT2D eigenvalue weighted by atomic mass is 35.5. The fourth-order valence-electron chi connectivity index (χ4n) is 2.53. The molecule has 0 aromatic heterocycles. The van der Waals surface area contributed by atoms with Crippen molar-refractivity contribution in [1.82, 2.24) is 4.90 Å². The van der Waals surface area contributed by atoms with Gasteiger partial charge in [0.05, 0.1) is 10.0 Å². The van der Waals surface area contributed by atoms with Crippen LogP contribution in [0.5, 0.6) is 0 Å². The molecule has 1 atom stereocenters. The van der Waals surface area contributed by atoms with Gasteiger partial charge in [0.2, 0.25) is 0 Å². The molecular weight excluding hydrogens is 255 g/mol. The van der Waals surface area contributed by atoms with Gasteiger partial charge in [0, 0.05) is 25.7 Å². The van der Waals surface area contributed by atoms with Gasteiger partial charge in [0.1, 0.15) is 0 Å². The Hall–Kier alpha value is -0.280. The van der Waals surface area contributed by atoms with E-state index in [1.54, 1.807) is 0 Å². The van der Waals surface area contributed by atoms with Crippen molar-refractivity contribution in [3.63, 3.8) is 0 Å². The van der Waals surface area contributed by atoms with Crippen LogP contribution in [-0.2, 0) is 6.54 Å². The Balaban J connectivity index is 2.34. The summed E-state index contributed by atoms with van der Waals surface area (Å²) < 4.78 is 0. The summed E-state index contributed by atoms with van der Waals surface area (Å²) in [6.07, 6.45) is 0. The lowest BCUT2D eigenvalue weighted by atomic mass is 10.0. The zero-order chi connectivity index (χ0) is 12.6. The van der Waals surface area contributed by atoms with E-state index < -0.39 is 0 Å². The monoisotopic (exact) mass is 272 g/mol. The third-order valence-corrected chi connectivity index (χ3v) is 4.06. The molecule has 0 saturated carbocycles. The van der Waals surface area contributed by atoms with Crippen LogP contribution >= 0.6 is 23.2 Å². The van der Waals surface area contributed by atoms with Gasteiger partial charge >= 0.3 is 0 Å². The average molecular weight is 273 g/mol. The van der Waals surface area contributed by atoms with E-state index in [9.17, 15) is 0 Å². The van der Waals surface area contributed by atoms with Crippen molar-refractivity contribution in [1.29, 1.82) is 0 Å². The molecule has 94 valence electrons. The molecule has 0 saturated heterocycles. The second kappa shape index (κ2) is 5.15. The molecule has 1 aromatic rings. The summed E-state index contributed by atoms with van der Waals surface area (Å²) in [5.41, 5.74) is 8.27. The Morgan fingerprint density at radius 3 is 2.71 bits per heavy atom. The van der Waals surface area contributed by atoms with Crippen molar-refractivity contribution in [3.05, 3.63) is 33.3 Å². The lowest BCUT2D eigenvalue weighted by Gasteiger charge is -2.25. The maximum absolute atomic E-state index is 6.26. The third kappa shape index (κ3) is 2.45. The zero-order valence-electron chi connectivity index (χ0n) is 10.2. The quantitative estimate of drug-likeness (QED) is 0.913. The van der Waals surface area contributed by atoms with E-state index in [1.807, 2.05) is 6.07 Å². The molecule has 0 aliphatic carbocycles. The van der Waals surface area contributed by atoms with Crippen molar-refractivity contribution in [3.8, 4) is 0 Å². The van der Waals surface area contributed by atoms with Crippen molar-refractivity contribution in [2.45, 2.75) is 26.4 Å². The molecule has 17 heavy (non-hydrogen) atoms. The van der Waals surface area contributed by atoms with Crippen LogP contribution < -0.4 is 5.73 Å². The van der Waals surface area contributed by atoms with Gasteiger partial charge < -0.3 is 5.73 Å². The van der Waals surface area contributed by atoms with Crippen molar-refractivity contribution >= 4 is 23.2 Å². The molecule has 1 heterocycles. The van der Waals surface area contributed by atoms with Gasteiger partial charge in [-0.2, -0.15) is 0 Å². The molecular formula is C13H18Cl2N2. The summed E-state index contributed by atoms with van der Waals surface area (Å²) in [6, 6.07) is 4.20. The minimum Gasteiger partial charge on any atom is -0.329 e. The molecule has 0 amide bonds. The van der Waals surface area contributed by atoms with Crippen LogP contribution in [0.2, 0.25) is 10.0 Å². The molecule has 2 nitrogen and oxygen atoms in total. The number of fused-ring (bicyclic) bond motifs is 1. The second-order valence-electron chi connectivity index (χ2n) is 5.00. The number of nitrogens with zero attached hydrogens (tertiary/aromatic N) is 1. The maximum Gasteiger partial charge on any atom is 0.0640 e. The van der Waals surface area contributed by atoms with E-state index in [4.69, 9.17) is 28.9 Å². The van der Waals surface area contributed by atoms with E-state index in [2.05, 4.69) is 24.8 Å². The second-order valence-corrected chi connectivity index (χ2v) is 5.79. The molecule has 4 heteroatoms. The fourth-order valence-corrected chi connectivity index (χ4v) is 2.94. The van der Waals surface area contributed by atoms with Gasteiger partial charge in [-0.25, -0.2) is 0 Å². The van der Waals surface area contributed by atoms with E-state index in [0.29, 0.717) is 22.5 Å². The summed E-state index contributed by atoms with van der Waals surface area (Å²) in [4.78, 5) is 2.39. The van der Waals surface area contributed by atoms with Crippen LogP contribution in [0, 0.1) is 5.92 Å². The van der Waals surface area contributed by atoms with Crippen LogP contribution in [0.15, 0.2) is 12.1 Å². The minimum atomic E-state index is 0.280. The molecule has 0 bridgehead atoms. The summed E-state index contributed by atoms with van der Waals surface area (Å²) in [5.74, 6) is 0.618.